The standard InChI is InChI=1S/C15H12F3N3O/c16-15(17,18)10-22-14-5-4-13(9-21-14)20-8-12-3-1-2-11(6-12)7-19/h1-6,9,20H,8,10H2. The van der Waals surface area contributed by atoms with Crippen molar-refractivity contribution in [1.82, 2.24) is 4.98 Å². The van der Waals surface area contributed by atoms with Crippen molar-refractivity contribution in [3.8, 4) is 11.9 Å². The molecule has 1 N–H and O–H groups in total. The van der Waals surface area contributed by atoms with Gasteiger partial charge in [-0.3, -0.25) is 0 Å². The van der Waals surface area contributed by atoms with Gasteiger partial charge in [0.15, 0.2) is 6.61 Å². The Labute approximate surface area is 125 Å². The minimum atomic E-state index is -4.38. The molecular formula is C15H12F3N3O. The number of nitrogens with one attached hydrogen (secondary N) is 1. The molecule has 0 aliphatic heterocycles. The molecule has 0 radical (unpaired) electrons. The number of nitrogens with zero attached hydrogens (tertiary/aromatic N) is 2. The van der Waals surface area contributed by atoms with E-state index in [1.54, 1.807) is 24.3 Å². The first-order valence-electron chi connectivity index (χ1n) is 6.35. The maximum atomic E-state index is 12.0. The fourth-order valence-electron chi connectivity index (χ4n) is 1.68. The van der Waals surface area contributed by atoms with Crippen LogP contribution in [0.1, 0.15) is 11.1 Å². The molecule has 0 saturated heterocycles. The number of alkyl halides is 3. The molecular weight excluding hydrogens is 295 g/mol. The van der Waals surface area contributed by atoms with Crippen LogP contribution in [-0.2, 0) is 6.54 Å². The number of rotatable bonds is 5. The number of ether oxygens (including phenoxy) is 1. The average Bonchev–Trinajstić information content (AvgIpc) is 2.51. The van der Waals surface area contributed by atoms with E-state index in [1.807, 2.05) is 6.07 Å². The Balaban J connectivity index is 1.90. The zero-order valence-corrected chi connectivity index (χ0v) is 11.4. The van der Waals surface area contributed by atoms with E-state index in [9.17, 15) is 13.2 Å². The average molecular weight is 307 g/mol. The van der Waals surface area contributed by atoms with Gasteiger partial charge in [0.05, 0.1) is 23.5 Å². The second kappa shape index (κ2) is 6.80. The van der Waals surface area contributed by atoms with E-state index >= 15 is 0 Å². The normalized spacial score (nSPS) is 10.8. The number of halogens is 3. The molecule has 1 aromatic heterocycles. The van der Waals surface area contributed by atoms with Crippen molar-refractivity contribution in [3.05, 3.63) is 53.7 Å². The molecule has 114 valence electrons. The van der Waals surface area contributed by atoms with Gasteiger partial charge in [0, 0.05) is 12.6 Å². The predicted molar refractivity (Wildman–Crippen MR) is 74.3 cm³/mol. The fourth-order valence-corrected chi connectivity index (χ4v) is 1.68. The lowest BCUT2D eigenvalue weighted by atomic mass is 10.1. The third-order valence-corrected chi connectivity index (χ3v) is 2.67. The monoisotopic (exact) mass is 307 g/mol. The van der Waals surface area contributed by atoms with Gasteiger partial charge in [0.25, 0.3) is 0 Å². The zero-order chi connectivity index (χ0) is 16.0. The molecule has 0 spiro atoms. The van der Waals surface area contributed by atoms with E-state index < -0.39 is 12.8 Å². The summed E-state index contributed by atoms with van der Waals surface area (Å²) in [4.78, 5) is 3.79. The van der Waals surface area contributed by atoms with Crippen LogP contribution in [0.15, 0.2) is 42.6 Å². The van der Waals surface area contributed by atoms with Crippen molar-refractivity contribution in [1.29, 1.82) is 5.26 Å². The van der Waals surface area contributed by atoms with Crippen LogP contribution in [0.25, 0.3) is 0 Å². The molecule has 7 heteroatoms. The Morgan fingerprint density at radius 3 is 2.68 bits per heavy atom. The minimum absolute atomic E-state index is 0.0886. The first-order chi connectivity index (χ1) is 10.5. The number of benzene rings is 1. The van der Waals surface area contributed by atoms with Crippen molar-refractivity contribution >= 4 is 5.69 Å². The van der Waals surface area contributed by atoms with Crippen molar-refractivity contribution in [3.63, 3.8) is 0 Å². The summed E-state index contributed by atoms with van der Waals surface area (Å²) in [6, 6.07) is 12.1. The van der Waals surface area contributed by atoms with Crippen molar-refractivity contribution in [2.45, 2.75) is 12.7 Å². The van der Waals surface area contributed by atoms with Crippen LogP contribution in [-0.4, -0.2) is 17.8 Å². The Hall–Kier alpha value is -2.75. The second-order valence-corrected chi connectivity index (χ2v) is 4.45. The smallest absolute Gasteiger partial charge is 0.422 e. The second-order valence-electron chi connectivity index (χ2n) is 4.45. The van der Waals surface area contributed by atoms with Crippen LogP contribution in [0.3, 0.4) is 0 Å². The third-order valence-electron chi connectivity index (χ3n) is 2.67. The first kappa shape index (κ1) is 15.6. The van der Waals surface area contributed by atoms with Crippen molar-refractivity contribution < 1.29 is 17.9 Å². The van der Waals surface area contributed by atoms with Crippen LogP contribution in [0.5, 0.6) is 5.88 Å². The largest absolute Gasteiger partial charge is 0.468 e. The van der Waals surface area contributed by atoms with Crippen LogP contribution >= 0.6 is 0 Å². The van der Waals surface area contributed by atoms with Crippen LogP contribution in [0.2, 0.25) is 0 Å². The van der Waals surface area contributed by atoms with Gasteiger partial charge in [-0.1, -0.05) is 12.1 Å². The number of aromatic nitrogens is 1. The highest BCUT2D eigenvalue weighted by molar-refractivity contribution is 5.43. The van der Waals surface area contributed by atoms with E-state index in [4.69, 9.17) is 5.26 Å². The molecule has 0 atom stereocenters. The van der Waals surface area contributed by atoms with Gasteiger partial charge >= 0.3 is 6.18 Å². The Bertz CT molecular complexity index is 663. The van der Waals surface area contributed by atoms with E-state index in [0.717, 1.165) is 5.56 Å². The van der Waals surface area contributed by atoms with Crippen molar-refractivity contribution in [2.24, 2.45) is 0 Å². The SMILES string of the molecule is N#Cc1cccc(CNc2ccc(OCC(F)(F)F)nc2)c1. The molecule has 0 aliphatic carbocycles. The maximum Gasteiger partial charge on any atom is 0.422 e. The Morgan fingerprint density at radius 1 is 1.23 bits per heavy atom. The molecule has 1 aromatic carbocycles. The lowest BCUT2D eigenvalue weighted by Crippen LogP contribution is -2.19. The summed E-state index contributed by atoms with van der Waals surface area (Å²) in [6.45, 7) is -0.895. The lowest BCUT2D eigenvalue weighted by molar-refractivity contribution is -0.154. The lowest BCUT2D eigenvalue weighted by Gasteiger charge is -2.09. The van der Waals surface area contributed by atoms with E-state index in [-0.39, 0.29) is 5.88 Å². The number of anilines is 1. The zero-order valence-electron chi connectivity index (χ0n) is 11.4. The highest BCUT2D eigenvalue weighted by Crippen LogP contribution is 2.18. The topological polar surface area (TPSA) is 57.9 Å². The highest BCUT2D eigenvalue weighted by Gasteiger charge is 2.28. The van der Waals surface area contributed by atoms with Gasteiger partial charge in [-0.2, -0.15) is 18.4 Å². The van der Waals surface area contributed by atoms with Crippen LogP contribution in [0, 0.1) is 11.3 Å². The predicted octanol–water partition coefficient (Wildman–Crippen LogP) is 3.51. The van der Waals surface area contributed by atoms with Gasteiger partial charge in [0.2, 0.25) is 5.88 Å². The molecule has 2 rings (SSSR count). The Kier molecular flexibility index (Phi) is 4.84. The van der Waals surface area contributed by atoms with Gasteiger partial charge in [-0.05, 0) is 23.8 Å². The molecule has 22 heavy (non-hydrogen) atoms. The molecule has 0 bridgehead atoms. The summed E-state index contributed by atoms with van der Waals surface area (Å²) in [5.41, 5.74) is 2.12. The minimum Gasteiger partial charge on any atom is -0.468 e. The molecule has 0 unspecified atom stereocenters. The summed E-state index contributed by atoms with van der Waals surface area (Å²) in [5, 5.41) is 11.9. The van der Waals surface area contributed by atoms with E-state index in [0.29, 0.717) is 17.8 Å². The number of hydrogen-bond acceptors (Lipinski definition) is 4. The number of nitriles is 1. The molecule has 4 nitrogen and oxygen atoms in total. The molecule has 0 saturated carbocycles. The summed E-state index contributed by atoms with van der Waals surface area (Å²) in [7, 11) is 0. The van der Waals surface area contributed by atoms with Gasteiger partial charge in [-0.25, -0.2) is 4.98 Å². The van der Waals surface area contributed by atoms with E-state index in [1.165, 1.54) is 12.3 Å². The molecule has 0 amide bonds. The molecule has 0 aliphatic rings. The Morgan fingerprint density at radius 2 is 2.05 bits per heavy atom. The van der Waals surface area contributed by atoms with Crippen LogP contribution < -0.4 is 10.1 Å². The quantitative estimate of drug-likeness (QED) is 0.918. The highest BCUT2D eigenvalue weighted by atomic mass is 19.4. The molecule has 2 aromatic rings. The molecule has 1 heterocycles. The maximum absolute atomic E-state index is 12.0. The summed E-state index contributed by atoms with van der Waals surface area (Å²) < 4.78 is 40.5. The number of pyridine rings is 1. The summed E-state index contributed by atoms with van der Waals surface area (Å²) >= 11 is 0. The van der Waals surface area contributed by atoms with Gasteiger partial charge in [-0.15, -0.1) is 0 Å². The van der Waals surface area contributed by atoms with Gasteiger partial charge in [0.1, 0.15) is 0 Å². The summed E-state index contributed by atoms with van der Waals surface area (Å²) in [6.07, 6.45) is -3.00. The van der Waals surface area contributed by atoms with Gasteiger partial charge < -0.3 is 10.1 Å². The van der Waals surface area contributed by atoms with Crippen molar-refractivity contribution in [2.75, 3.05) is 11.9 Å². The third kappa shape index (κ3) is 4.98. The number of hydrogen-bond donors (Lipinski definition) is 1. The summed E-state index contributed by atoms with van der Waals surface area (Å²) in [5.74, 6) is -0.0886. The van der Waals surface area contributed by atoms with Crippen LogP contribution in [0.4, 0.5) is 18.9 Å². The first-order valence-corrected chi connectivity index (χ1v) is 6.35. The fraction of sp³-hybridized carbons (Fsp3) is 0.200. The molecule has 0 fully saturated rings. The van der Waals surface area contributed by atoms with E-state index in [2.05, 4.69) is 21.1 Å².